The highest BCUT2D eigenvalue weighted by Crippen LogP contribution is 2.35. The van der Waals surface area contributed by atoms with Crippen molar-refractivity contribution < 1.29 is 19.8 Å². The van der Waals surface area contributed by atoms with Gasteiger partial charge in [-0.3, -0.25) is 9.59 Å². The highest BCUT2D eigenvalue weighted by Gasteiger charge is 2.19. The number of aliphatic carboxylic acids is 2. The SMILES string of the molecule is CCCCCCCCCCCCc1ccccc1C(CC(=O)O)SCCC(=O)O. The van der Waals surface area contributed by atoms with E-state index < -0.39 is 11.9 Å². The molecule has 0 amide bonds. The minimum atomic E-state index is -0.842. The molecule has 0 aromatic heterocycles. The van der Waals surface area contributed by atoms with Gasteiger partial charge in [-0.25, -0.2) is 0 Å². The molecule has 5 heteroatoms. The van der Waals surface area contributed by atoms with Gasteiger partial charge in [0.05, 0.1) is 12.8 Å². The first-order valence-electron chi connectivity index (χ1n) is 11.2. The van der Waals surface area contributed by atoms with Gasteiger partial charge in [-0.05, 0) is 24.0 Å². The lowest BCUT2D eigenvalue weighted by Gasteiger charge is -2.18. The van der Waals surface area contributed by atoms with Gasteiger partial charge in [-0.15, -0.1) is 0 Å². The fourth-order valence-electron chi connectivity index (χ4n) is 3.58. The van der Waals surface area contributed by atoms with Crippen molar-refractivity contribution in [2.24, 2.45) is 0 Å². The summed E-state index contributed by atoms with van der Waals surface area (Å²) in [5.41, 5.74) is 2.27. The molecule has 0 radical (unpaired) electrons. The standard InChI is InChI=1S/C24H38O4S/c1-2-3-4-5-6-7-8-9-10-11-14-20-15-12-13-16-21(20)22(19-24(27)28)29-18-17-23(25)26/h12-13,15-16,22H,2-11,14,17-19H2,1H3,(H,25,26)(H,27,28). The fourth-order valence-corrected chi connectivity index (χ4v) is 4.83. The molecule has 0 aliphatic carbocycles. The molecule has 2 N–H and O–H groups in total. The van der Waals surface area contributed by atoms with Crippen molar-refractivity contribution in [2.45, 2.75) is 95.6 Å². The molecule has 0 aliphatic heterocycles. The summed E-state index contributed by atoms with van der Waals surface area (Å²) in [6.45, 7) is 2.25. The van der Waals surface area contributed by atoms with Crippen LogP contribution < -0.4 is 0 Å². The predicted molar refractivity (Wildman–Crippen MR) is 122 cm³/mol. The number of carboxylic acid groups (broad SMARTS) is 2. The van der Waals surface area contributed by atoms with Gasteiger partial charge in [0, 0.05) is 11.0 Å². The molecule has 0 saturated heterocycles. The molecule has 164 valence electrons. The molecule has 29 heavy (non-hydrogen) atoms. The Hall–Kier alpha value is -1.49. The minimum Gasteiger partial charge on any atom is -0.481 e. The lowest BCUT2D eigenvalue weighted by Crippen LogP contribution is -2.08. The quantitative estimate of drug-likeness (QED) is 0.252. The first-order valence-corrected chi connectivity index (χ1v) is 12.2. The summed E-state index contributed by atoms with van der Waals surface area (Å²) in [6.07, 6.45) is 14.0. The Morgan fingerprint density at radius 3 is 2.03 bits per heavy atom. The van der Waals surface area contributed by atoms with E-state index in [1.54, 1.807) is 0 Å². The van der Waals surface area contributed by atoms with Crippen molar-refractivity contribution in [3.8, 4) is 0 Å². The van der Waals surface area contributed by atoms with Gasteiger partial charge in [-0.2, -0.15) is 11.8 Å². The third-order valence-electron chi connectivity index (χ3n) is 5.20. The lowest BCUT2D eigenvalue weighted by molar-refractivity contribution is -0.137. The van der Waals surface area contributed by atoms with E-state index in [1.807, 2.05) is 18.2 Å². The summed E-state index contributed by atoms with van der Waals surface area (Å²) in [5.74, 6) is -1.25. The van der Waals surface area contributed by atoms with E-state index in [0.29, 0.717) is 5.75 Å². The third-order valence-corrected chi connectivity index (χ3v) is 6.46. The second kappa shape index (κ2) is 16.3. The predicted octanol–water partition coefficient (Wildman–Crippen LogP) is 6.87. The first-order chi connectivity index (χ1) is 14.0. The van der Waals surface area contributed by atoms with Crippen molar-refractivity contribution in [3.63, 3.8) is 0 Å². The molecule has 0 spiro atoms. The number of hydrogen-bond donors (Lipinski definition) is 2. The molecule has 1 aromatic rings. The molecule has 1 aromatic carbocycles. The van der Waals surface area contributed by atoms with E-state index in [2.05, 4.69) is 13.0 Å². The molecular weight excluding hydrogens is 384 g/mol. The lowest BCUT2D eigenvalue weighted by atomic mass is 9.97. The molecule has 0 fully saturated rings. The van der Waals surface area contributed by atoms with E-state index in [1.165, 1.54) is 75.1 Å². The summed E-state index contributed by atoms with van der Waals surface area (Å²) >= 11 is 1.44. The largest absolute Gasteiger partial charge is 0.481 e. The van der Waals surface area contributed by atoms with Crippen LogP contribution >= 0.6 is 11.8 Å². The van der Waals surface area contributed by atoms with Gasteiger partial charge in [0.25, 0.3) is 0 Å². The van der Waals surface area contributed by atoms with E-state index >= 15 is 0 Å². The second-order valence-corrected chi connectivity index (χ2v) is 9.04. The van der Waals surface area contributed by atoms with E-state index in [9.17, 15) is 14.7 Å². The van der Waals surface area contributed by atoms with E-state index in [4.69, 9.17) is 5.11 Å². The molecule has 0 aliphatic rings. The number of aryl methyl sites for hydroxylation is 1. The summed E-state index contributed by atoms with van der Waals surface area (Å²) in [4.78, 5) is 22.1. The summed E-state index contributed by atoms with van der Waals surface area (Å²) in [5, 5.41) is 18.0. The van der Waals surface area contributed by atoms with Crippen molar-refractivity contribution in [1.29, 1.82) is 0 Å². The van der Waals surface area contributed by atoms with Crippen LogP contribution in [0, 0.1) is 0 Å². The maximum Gasteiger partial charge on any atom is 0.304 e. The normalized spacial score (nSPS) is 12.0. The number of hydrogen-bond acceptors (Lipinski definition) is 3. The Morgan fingerprint density at radius 2 is 1.45 bits per heavy atom. The van der Waals surface area contributed by atoms with Gasteiger partial charge in [-0.1, -0.05) is 89.0 Å². The average Bonchev–Trinajstić information content (AvgIpc) is 2.68. The van der Waals surface area contributed by atoms with Crippen LogP contribution in [0.1, 0.15) is 100 Å². The van der Waals surface area contributed by atoms with Crippen LogP contribution in [0.15, 0.2) is 24.3 Å². The molecule has 0 heterocycles. The van der Waals surface area contributed by atoms with Crippen molar-refractivity contribution in [3.05, 3.63) is 35.4 Å². The van der Waals surface area contributed by atoms with Gasteiger partial charge in [0.15, 0.2) is 0 Å². The number of carboxylic acids is 2. The van der Waals surface area contributed by atoms with E-state index in [-0.39, 0.29) is 18.1 Å². The third kappa shape index (κ3) is 12.6. The molecule has 4 nitrogen and oxygen atoms in total. The number of benzene rings is 1. The topological polar surface area (TPSA) is 74.6 Å². The monoisotopic (exact) mass is 422 g/mol. The Bertz CT molecular complexity index is 588. The van der Waals surface area contributed by atoms with Crippen molar-refractivity contribution in [1.82, 2.24) is 0 Å². The van der Waals surface area contributed by atoms with Crippen LogP contribution in [0.5, 0.6) is 0 Å². The fraction of sp³-hybridized carbons (Fsp3) is 0.667. The molecule has 1 rings (SSSR count). The van der Waals surface area contributed by atoms with Gasteiger partial charge >= 0.3 is 11.9 Å². The maximum absolute atomic E-state index is 11.3. The smallest absolute Gasteiger partial charge is 0.304 e. The Kier molecular flexibility index (Phi) is 14.4. The highest BCUT2D eigenvalue weighted by molar-refractivity contribution is 7.99. The Balaban J connectivity index is 2.43. The Labute approximate surface area is 180 Å². The van der Waals surface area contributed by atoms with Gasteiger partial charge in [0.2, 0.25) is 0 Å². The molecule has 0 bridgehead atoms. The van der Waals surface area contributed by atoms with E-state index in [0.717, 1.165) is 18.4 Å². The van der Waals surface area contributed by atoms with Gasteiger partial charge < -0.3 is 10.2 Å². The minimum absolute atomic E-state index is 0.0271. The molecule has 1 atom stereocenters. The number of carbonyl (C=O) groups is 2. The van der Waals surface area contributed by atoms with Crippen LogP contribution in [0.25, 0.3) is 0 Å². The first kappa shape index (κ1) is 25.5. The maximum atomic E-state index is 11.3. The zero-order valence-corrected chi connectivity index (χ0v) is 18.7. The number of thioether (sulfide) groups is 1. The summed E-state index contributed by atoms with van der Waals surface area (Å²) < 4.78 is 0. The zero-order chi connectivity index (χ0) is 21.3. The molecule has 1 unspecified atom stereocenters. The van der Waals surface area contributed by atoms with Crippen LogP contribution in [-0.4, -0.2) is 27.9 Å². The number of unbranched alkanes of at least 4 members (excludes halogenated alkanes) is 9. The zero-order valence-electron chi connectivity index (χ0n) is 17.9. The van der Waals surface area contributed by atoms with Crippen LogP contribution in [0.2, 0.25) is 0 Å². The van der Waals surface area contributed by atoms with Crippen LogP contribution in [0.3, 0.4) is 0 Å². The summed E-state index contributed by atoms with van der Waals surface area (Å²) in [7, 11) is 0. The second-order valence-electron chi connectivity index (χ2n) is 7.73. The Morgan fingerprint density at radius 1 is 0.862 bits per heavy atom. The average molecular weight is 423 g/mol. The molecule has 0 saturated carbocycles. The highest BCUT2D eigenvalue weighted by atomic mass is 32.2. The van der Waals surface area contributed by atoms with Crippen LogP contribution in [-0.2, 0) is 16.0 Å². The van der Waals surface area contributed by atoms with Crippen molar-refractivity contribution >= 4 is 23.7 Å². The van der Waals surface area contributed by atoms with Crippen LogP contribution in [0.4, 0.5) is 0 Å². The molecular formula is C24H38O4S. The number of rotatable bonds is 18. The summed E-state index contributed by atoms with van der Waals surface area (Å²) in [6, 6.07) is 8.06. The van der Waals surface area contributed by atoms with Gasteiger partial charge in [0.1, 0.15) is 0 Å². The van der Waals surface area contributed by atoms with Crippen molar-refractivity contribution in [2.75, 3.05) is 5.75 Å².